The van der Waals surface area contributed by atoms with Crippen molar-refractivity contribution < 1.29 is 18.3 Å². The number of hydrogen-bond acceptors (Lipinski definition) is 3. The van der Waals surface area contributed by atoms with Gasteiger partial charge in [-0.1, -0.05) is 0 Å². The summed E-state index contributed by atoms with van der Waals surface area (Å²) < 4.78 is 38.5. The second-order valence-electron chi connectivity index (χ2n) is 5.16. The van der Waals surface area contributed by atoms with Crippen LogP contribution in [-0.2, 0) is 5.92 Å². The van der Waals surface area contributed by atoms with Gasteiger partial charge in [0, 0.05) is 19.0 Å². The SMILES string of the molecule is CC(F)(F)c1cc2c(cc1C1CCNC1)OCCO2. The number of hydrogen-bond donors (Lipinski definition) is 1. The molecule has 104 valence electrons. The Morgan fingerprint density at radius 2 is 1.89 bits per heavy atom. The predicted molar refractivity (Wildman–Crippen MR) is 67.2 cm³/mol. The van der Waals surface area contributed by atoms with Crippen LogP contribution in [0.4, 0.5) is 8.78 Å². The lowest BCUT2D eigenvalue weighted by atomic mass is 9.90. The van der Waals surface area contributed by atoms with Gasteiger partial charge >= 0.3 is 0 Å². The second kappa shape index (κ2) is 4.63. The first-order valence-corrected chi connectivity index (χ1v) is 6.58. The summed E-state index contributed by atoms with van der Waals surface area (Å²) in [5.74, 6) is -1.73. The minimum atomic E-state index is -2.87. The number of nitrogens with one attached hydrogen (secondary N) is 1. The summed E-state index contributed by atoms with van der Waals surface area (Å²) >= 11 is 0. The number of benzene rings is 1. The van der Waals surface area contributed by atoms with Crippen LogP contribution < -0.4 is 14.8 Å². The van der Waals surface area contributed by atoms with Gasteiger partial charge in [-0.05, 0) is 36.6 Å². The lowest BCUT2D eigenvalue weighted by molar-refractivity contribution is 0.0156. The molecule has 1 unspecified atom stereocenters. The summed E-state index contributed by atoms with van der Waals surface area (Å²) in [5, 5.41) is 3.21. The van der Waals surface area contributed by atoms with Crippen molar-refractivity contribution in [3.63, 3.8) is 0 Å². The average Bonchev–Trinajstić information content (AvgIpc) is 2.90. The van der Waals surface area contributed by atoms with Crippen LogP contribution in [0.5, 0.6) is 11.5 Å². The summed E-state index contributed by atoms with van der Waals surface area (Å²) in [5.41, 5.74) is 0.743. The molecule has 3 rings (SSSR count). The molecule has 2 heterocycles. The number of ether oxygens (including phenoxy) is 2. The molecule has 0 aliphatic carbocycles. The number of rotatable bonds is 2. The van der Waals surface area contributed by atoms with E-state index in [2.05, 4.69) is 5.32 Å². The van der Waals surface area contributed by atoms with Crippen molar-refractivity contribution in [1.29, 1.82) is 0 Å². The Bertz CT molecular complexity index is 479. The van der Waals surface area contributed by atoms with E-state index in [1.807, 2.05) is 0 Å². The molecule has 5 heteroatoms. The zero-order valence-electron chi connectivity index (χ0n) is 10.8. The average molecular weight is 269 g/mol. The molecule has 0 saturated carbocycles. The van der Waals surface area contributed by atoms with Crippen LogP contribution in [0.15, 0.2) is 12.1 Å². The fraction of sp³-hybridized carbons (Fsp3) is 0.571. The van der Waals surface area contributed by atoms with Crippen LogP contribution in [0.2, 0.25) is 0 Å². The first-order valence-electron chi connectivity index (χ1n) is 6.58. The third-order valence-electron chi connectivity index (χ3n) is 3.69. The maximum Gasteiger partial charge on any atom is 0.270 e. The van der Waals surface area contributed by atoms with Gasteiger partial charge in [0.15, 0.2) is 11.5 Å². The van der Waals surface area contributed by atoms with E-state index in [9.17, 15) is 8.78 Å². The molecule has 1 atom stereocenters. The molecule has 1 aromatic rings. The highest BCUT2D eigenvalue weighted by Gasteiger charge is 2.33. The second-order valence-corrected chi connectivity index (χ2v) is 5.16. The largest absolute Gasteiger partial charge is 0.486 e. The molecular weight excluding hydrogens is 252 g/mol. The van der Waals surface area contributed by atoms with Crippen LogP contribution in [0.25, 0.3) is 0 Å². The molecule has 1 fully saturated rings. The van der Waals surface area contributed by atoms with Gasteiger partial charge in [0.05, 0.1) is 0 Å². The molecule has 0 aromatic heterocycles. The molecule has 1 aromatic carbocycles. The maximum atomic E-state index is 13.8. The van der Waals surface area contributed by atoms with Gasteiger partial charge in [-0.3, -0.25) is 0 Å². The molecule has 1 saturated heterocycles. The van der Waals surface area contributed by atoms with Gasteiger partial charge in [0.25, 0.3) is 5.92 Å². The van der Waals surface area contributed by atoms with Crippen molar-refractivity contribution in [3.05, 3.63) is 23.3 Å². The highest BCUT2D eigenvalue weighted by Crippen LogP contribution is 2.42. The fourth-order valence-corrected chi connectivity index (χ4v) is 2.74. The molecular formula is C14H17F2NO2. The van der Waals surface area contributed by atoms with Crippen molar-refractivity contribution in [2.24, 2.45) is 0 Å². The first kappa shape index (κ1) is 12.7. The van der Waals surface area contributed by atoms with E-state index in [1.165, 1.54) is 6.07 Å². The van der Waals surface area contributed by atoms with E-state index < -0.39 is 5.92 Å². The van der Waals surface area contributed by atoms with E-state index in [0.29, 0.717) is 30.3 Å². The van der Waals surface area contributed by atoms with Crippen molar-refractivity contribution >= 4 is 0 Å². The number of fused-ring (bicyclic) bond motifs is 1. The van der Waals surface area contributed by atoms with Gasteiger partial charge in [-0.25, -0.2) is 8.78 Å². The van der Waals surface area contributed by atoms with Gasteiger partial charge in [-0.15, -0.1) is 0 Å². The monoisotopic (exact) mass is 269 g/mol. The van der Waals surface area contributed by atoms with Crippen LogP contribution in [-0.4, -0.2) is 26.3 Å². The van der Waals surface area contributed by atoms with Crippen LogP contribution >= 0.6 is 0 Å². The summed E-state index contributed by atoms with van der Waals surface area (Å²) in [6, 6.07) is 3.18. The molecule has 19 heavy (non-hydrogen) atoms. The summed E-state index contributed by atoms with van der Waals surface area (Å²) in [4.78, 5) is 0. The van der Waals surface area contributed by atoms with Gasteiger partial charge in [-0.2, -0.15) is 0 Å². The van der Waals surface area contributed by atoms with Crippen LogP contribution in [0.1, 0.15) is 30.4 Å². The summed E-state index contributed by atoms with van der Waals surface area (Å²) in [7, 11) is 0. The quantitative estimate of drug-likeness (QED) is 0.895. The van der Waals surface area contributed by atoms with Gasteiger partial charge < -0.3 is 14.8 Å². The van der Waals surface area contributed by atoms with Crippen molar-refractivity contribution in [2.45, 2.75) is 25.2 Å². The topological polar surface area (TPSA) is 30.5 Å². The van der Waals surface area contributed by atoms with Gasteiger partial charge in [0.1, 0.15) is 13.2 Å². The molecule has 2 aliphatic heterocycles. The third kappa shape index (κ3) is 2.39. The Balaban J connectivity index is 2.08. The number of halogens is 2. The summed E-state index contributed by atoms with van der Waals surface area (Å²) in [6.07, 6.45) is 0.878. The van der Waals surface area contributed by atoms with Crippen LogP contribution in [0, 0.1) is 0 Å². The predicted octanol–water partition coefficient (Wildman–Crippen LogP) is 2.65. The highest BCUT2D eigenvalue weighted by atomic mass is 19.3. The Morgan fingerprint density at radius 3 is 2.47 bits per heavy atom. The minimum Gasteiger partial charge on any atom is -0.486 e. The lowest BCUT2D eigenvalue weighted by Gasteiger charge is -2.25. The Hall–Kier alpha value is -1.36. The minimum absolute atomic E-state index is 0.0606. The highest BCUT2D eigenvalue weighted by molar-refractivity contribution is 5.51. The maximum absolute atomic E-state index is 13.8. The molecule has 0 radical (unpaired) electrons. The molecule has 0 bridgehead atoms. The smallest absolute Gasteiger partial charge is 0.270 e. The Labute approximate surface area is 110 Å². The molecule has 3 nitrogen and oxygen atoms in total. The van der Waals surface area contributed by atoms with Crippen molar-refractivity contribution in [3.8, 4) is 11.5 Å². The molecule has 2 aliphatic rings. The van der Waals surface area contributed by atoms with E-state index in [-0.39, 0.29) is 11.5 Å². The standard InChI is InChI=1S/C14H17F2NO2/c1-14(15,16)11-7-13-12(18-4-5-19-13)6-10(11)9-2-3-17-8-9/h6-7,9,17H,2-5,8H2,1H3. The third-order valence-corrected chi connectivity index (χ3v) is 3.69. The van der Waals surface area contributed by atoms with Crippen molar-refractivity contribution in [1.82, 2.24) is 5.32 Å². The van der Waals surface area contributed by atoms with E-state index in [1.54, 1.807) is 6.07 Å². The van der Waals surface area contributed by atoms with Crippen molar-refractivity contribution in [2.75, 3.05) is 26.3 Å². The van der Waals surface area contributed by atoms with E-state index in [0.717, 1.165) is 26.4 Å². The zero-order chi connectivity index (χ0) is 13.5. The van der Waals surface area contributed by atoms with Gasteiger partial charge in [0.2, 0.25) is 0 Å². The fourth-order valence-electron chi connectivity index (χ4n) is 2.74. The van der Waals surface area contributed by atoms with E-state index >= 15 is 0 Å². The lowest BCUT2D eigenvalue weighted by Crippen LogP contribution is -2.20. The van der Waals surface area contributed by atoms with Crippen LogP contribution in [0.3, 0.4) is 0 Å². The first-order chi connectivity index (χ1) is 9.05. The van der Waals surface area contributed by atoms with E-state index in [4.69, 9.17) is 9.47 Å². The molecule has 0 spiro atoms. The Kier molecular flexibility index (Phi) is 3.09. The molecule has 1 N–H and O–H groups in total. The Morgan fingerprint density at radius 1 is 1.21 bits per heavy atom. The summed E-state index contributed by atoms with van der Waals surface area (Å²) in [6.45, 7) is 3.42. The zero-order valence-corrected chi connectivity index (χ0v) is 10.8. The normalized spacial score (nSPS) is 22.6. The molecule has 0 amide bonds. The number of alkyl halides is 2.